The zero-order valence-corrected chi connectivity index (χ0v) is 8.01. The standard InChI is InChI=1S/C13H9O2/c14-10-4-7-12-8-9-13(15-12)11-5-2-1-3-6-11/h1-9H/b7-4+. The molecule has 0 amide bonds. The fraction of sp³-hybridized carbons (Fsp3) is 0. The molecule has 0 spiro atoms. The summed E-state index contributed by atoms with van der Waals surface area (Å²) in [5, 5.41) is 0. The van der Waals surface area contributed by atoms with E-state index < -0.39 is 0 Å². The lowest BCUT2D eigenvalue weighted by atomic mass is 10.2. The van der Waals surface area contributed by atoms with Crippen molar-refractivity contribution < 1.29 is 9.21 Å². The third-order valence-electron chi connectivity index (χ3n) is 2.00. The van der Waals surface area contributed by atoms with Crippen LogP contribution in [-0.2, 0) is 4.79 Å². The van der Waals surface area contributed by atoms with Crippen LogP contribution in [0.5, 0.6) is 0 Å². The summed E-state index contributed by atoms with van der Waals surface area (Å²) in [6.07, 6.45) is 4.54. The molecule has 0 saturated carbocycles. The number of hydrogen-bond acceptors (Lipinski definition) is 2. The number of allylic oxidation sites excluding steroid dienone is 1. The van der Waals surface area contributed by atoms with Gasteiger partial charge in [-0.1, -0.05) is 30.3 Å². The van der Waals surface area contributed by atoms with E-state index >= 15 is 0 Å². The largest absolute Gasteiger partial charge is 0.457 e. The first-order valence-corrected chi connectivity index (χ1v) is 4.59. The van der Waals surface area contributed by atoms with E-state index in [9.17, 15) is 4.79 Å². The second kappa shape index (κ2) is 4.42. The zero-order chi connectivity index (χ0) is 10.5. The second-order valence-corrected chi connectivity index (χ2v) is 3.02. The third kappa shape index (κ3) is 2.23. The molecule has 73 valence electrons. The van der Waals surface area contributed by atoms with Crippen molar-refractivity contribution in [2.45, 2.75) is 0 Å². The molecule has 1 aromatic heterocycles. The summed E-state index contributed by atoms with van der Waals surface area (Å²) < 4.78 is 5.51. The van der Waals surface area contributed by atoms with E-state index in [1.54, 1.807) is 12.4 Å². The highest BCUT2D eigenvalue weighted by atomic mass is 16.3. The van der Waals surface area contributed by atoms with Gasteiger partial charge < -0.3 is 4.42 Å². The molecular weight excluding hydrogens is 188 g/mol. The van der Waals surface area contributed by atoms with E-state index in [1.165, 1.54) is 6.08 Å². The van der Waals surface area contributed by atoms with Crippen LogP contribution in [0.25, 0.3) is 17.4 Å². The van der Waals surface area contributed by atoms with Gasteiger partial charge >= 0.3 is 0 Å². The van der Waals surface area contributed by atoms with E-state index in [4.69, 9.17) is 4.42 Å². The fourth-order valence-electron chi connectivity index (χ4n) is 1.32. The van der Waals surface area contributed by atoms with Crippen molar-refractivity contribution in [2.24, 2.45) is 0 Å². The van der Waals surface area contributed by atoms with Crippen molar-refractivity contribution in [3.05, 3.63) is 54.3 Å². The Hall–Kier alpha value is -2.09. The molecular formula is C13H9O2. The first kappa shape index (κ1) is 9.46. The van der Waals surface area contributed by atoms with Gasteiger partial charge in [0.1, 0.15) is 11.5 Å². The molecule has 0 fully saturated rings. The van der Waals surface area contributed by atoms with Crippen molar-refractivity contribution in [3.63, 3.8) is 0 Å². The van der Waals surface area contributed by atoms with Crippen molar-refractivity contribution in [3.8, 4) is 11.3 Å². The Balaban J connectivity index is 2.28. The average Bonchev–Trinajstić information content (AvgIpc) is 2.76. The number of carbonyl (C=O) groups excluding carboxylic acids is 1. The molecule has 1 heterocycles. The first-order chi connectivity index (χ1) is 7.40. The zero-order valence-electron chi connectivity index (χ0n) is 8.01. The van der Waals surface area contributed by atoms with Gasteiger partial charge in [0.05, 0.1) is 0 Å². The van der Waals surface area contributed by atoms with Gasteiger partial charge in [-0.15, -0.1) is 0 Å². The maximum Gasteiger partial charge on any atom is 0.225 e. The van der Waals surface area contributed by atoms with Crippen LogP contribution >= 0.6 is 0 Å². The number of rotatable bonds is 3. The van der Waals surface area contributed by atoms with Gasteiger partial charge in [0.2, 0.25) is 6.29 Å². The first-order valence-electron chi connectivity index (χ1n) is 4.59. The number of furan rings is 1. The van der Waals surface area contributed by atoms with Crippen molar-refractivity contribution >= 4 is 12.4 Å². The Morgan fingerprint density at radius 3 is 2.60 bits per heavy atom. The molecule has 1 aromatic carbocycles. The van der Waals surface area contributed by atoms with Crippen LogP contribution in [0, 0.1) is 0 Å². The number of benzene rings is 1. The summed E-state index contributed by atoms with van der Waals surface area (Å²) in [6.45, 7) is 0. The van der Waals surface area contributed by atoms with Gasteiger partial charge in [-0.2, -0.15) is 0 Å². The van der Waals surface area contributed by atoms with Crippen LogP contribution in [0.4, 0.5) is 0 Å². The molecule has 0 aliphatic carbocycles. The predicted molar refractivity (Wildman–Crippen MR) is 58.9 cm³/mol. The van der Waals surface area contributed by atoms with Crippen molar-refractivity contribution in [1.82, 2.24) is 0 Å². The van der Waals surface area contributed by atoms with Gasteiger partial charge in [-0.05, 0) is 24.3 Å². The summed E-state index contributed by atoms with van der Waals surface area (Å²) >= 11 is 0. The molecule has 0 bridgehead atoms. The molecule has 0 atom stereocenters. The highest BCUT2D eigenvalue weighted by Gasteiger charge is 2.01. The lowest BCUT2D eigenvalue weighted by molar-refractivity contribution is 0.563. The molecule has 0 aliphatic rings. The molecule has 0 unspecified atom stereocenters. The van der Waals surface area contributed by atoms with E-state index in [0.29, 0.717) is 5.76 Å². The average molecular weight is 197 g/mol. The predicted octanol–water partition coefficient (Wildman–Crippen LogP) is 3.07. The summed E-state index contributed by atoms with van der Waals surface area (Å²) in [7, 11) is 0. The lowest BCUT2D eigenvalue weighted by Gasteiger charge is -1.94. The Labute approximate surface area is 87.8 Å². The Morgan fingerprint density at radius 2 is 1.87 bits per heavy atom. The molecule has 2 aromatic rings. The molecule has 2 nitrogen and oxygen atoms in total. The molecule has 0 N–H and O–H groups in total. The summed E-state index contributed by atoms with van der Waals surface area (Å²) in [6, 6.07) is 13.5. The van der Waals surface area contributed by atoms with Crippen LogP contribution < -0.4 is 0 Å². The highest BCUT2D eigenvalue weighted by molar-refractivity contribution is 5.73. The Morgan fingerprint density at radius 1 is 1.07 bits per heavy atom. The summed E-state index contributed by atoms with van der Waals surface area (Å²) in [5.74, 6) is 1.44. The van der Waals surface area contributed by atoms with Crippen LogP contribution in [0.2, 0.25) is 0 Å². The lowest BCUT2D eigenvalue weighted by Crippen LogP contribution is -1.70. The normalized spacial score (nSPS) is 10.7. The Bertz CT molecular complexity index is 466. The smallest absolute Gasteiger partial charge is 0.225 e. The quantitative estimate of drug-likeness (QED) is 0.708. The van der Waals surface area contributed by atoms with Gasteiger partial charge in [-0.25, -0.2) is 0 Å². The minimum atomic E-state index is 0.650. The van der Waals surface area contributed by atoms with Crippen LogP contribution in [0.1, 0.15) is 5.76 Å². The summed E-state index contributed by atoms with van der Waals surface area (Å²) in [5.41, 5.74) is 1.02. The van der Waals surface area contributed by atoms with Crippen LogP contribution in [-0.4, -0.2) is 6.29 Å². The molecule has 0 aliphatic heterocycles. The second-order valence-electron chi connectivity index (χ2n) is 3.02. The molecule has 0 saturated heterocycles. The van der Waals surface area contributed by atoms with Crippen LogP contribution in [0.3, 0.4) is 0 Å². The monoisotopic (exact) mass is 197 g/mol. The molecule has 2 heteroatoms. The van der Waals surface area contributed by atoms with Gasteiger partial charge in [0.15, 0.2) is 0 Å². The maximum absolute atomic E-state index is 10.0. The van der Waals surface area contributed by atoms with Gasteiger partial charge in [0, 0.05) is 5.56 Å². The van der Waals surface area contributed by atoms with Gasteiger partial charge in [0.25, 0.3) is 0 Å². The third-order valence-corrected chi connectivity index (χ3v) is 2.00. The van der Waals surface area contributed by atoms with E-state index in [1.807, 2.05) is 42.5 Å². The van der Waals surface area contributed by atoms with Crippen molar-refractivity contribution in [2.75, 3.05) is 0 Å². The Kier molecular flexibility index (Phi) is 2.79. The van der Waals surface area contributed by atoms with Gasteiger partial charge in [-0.3, -0.25) is 4.79 Å². The molecule has 2 rings (SSSR count). The maximum atomic E-state index is 10.0. The molecule has 1 radical (unpaired) electrons. The minimum absolute atomic E-state index is 0.650. The van der Waals surface area contributed by atoms with Crippen LogP contribution in [0.15, 0.2) is 53.0 Å². The van der Waals surface area contributed by atoms with E-state index in [-0.39, 0.29) is 0 Å². The van der Waals surface area contributed by atoms with Crippen molar-refractivity contribution in [1.29, 1.82) is 0 Å². The SMILES string of the molecule is O=[C]/C=C/c1ccc(-c2ccccc2)o1. The van der Waals surface area contributed by atoms with E-state index in [0.717, 1.165) is 11.3 Å². The van der Waals surface area contributed by atoms with E-state index in [2.05, 4.69) is 0 Å². The molecule has 15 heavy (non-hydrogen) atoms. The fourth-order valence-corrected chi connectivity index (χ4v) is 1.32. The highest BCUT2D eigenvalue weighted by Crippen LogP contribution is 2.22. The summed E-state index contributed by atoms with van der Waals surface area (Å²) in [4.78, 5) is 10.0. The number of hydrogen-bond donors (Lipinski definition) is 0. The minimum Gasteiger partial charge on any atom is -0.457 e. The topological polar surface area (TPSA) is 30.2 Å².